The van der Waals surface area contributed by atoms with Gasteiger partial charge in [0.25, 0.3) is 17.1 Å². The normalized spacial score (nSPS) is 19.9. The number of hydrogen-bond donors (Lipinski definition) is 3. The van der Waals surface area contributed by atoms with Crippen LogP contribution in [0.2, 0.25) is 0 Å². The molecular weight excluding hydrogens is 418 g/mol. The van der Waals surface area contributed by atoms with Gasteiger partial charge in [-0.25, -0.2) is 4.21 Å². The van der Waals surface area contributed by atoms with Gasteiger partial charge in [0.15, 0.2) is 17.4 Å². The third kappa shape index (κ3) is 4.20. The maximum Gasteiger partial charge on any atom is 0.269 e. The molecule has 1 aromatic heterocycles. The predicted octanol–water partition coefficient (Wildman–Crippen LogP) is 2.93. The number of benzene rings is 1. The Kier molecular flexibility index (Phi) is 5.34. The number of amidine groups is 2. The number of phenols is 1. The summed E-state index contributed by atoms with van der Waals surface area (Å²) in [6.07, 6.45) is 2.05. The van der Waals surface area contributed by atoms with E-state index in [1.165, 1.54) is 11.0 Å². The van der Waals surface area contributed by atoms with E-state index in [9.17, 15) is 14.1 Å². The minimum Gasteiger partial charge on any atom is -0.505 e. The molecule has 2 aromatic rings. The zero-order valence-electron chi connectivity index (χ0n) is 17.8. The SMILES string of the molecule is Cc1ccc([C@H](NC2=NS(=O)N=C2Nc2cccc(C(=O)N(C)C)c2O)C2(C)CC2)o1. The smallest absolute Gasteiger partial charge is 0.269 e. The fraction of sp³-hybridized carbons (Fsp3) is 0.381. The Morgan fingerprint density at radius 3 is 2.55 bits per heavy atom. The van der Waals surface area contributed by atoms with Crippen molar-refractivity contribution < 1.29 is 18.5 Å². The molecule has 0 spiro atoms. The number of carbonyl (C=O) groups is 1. The van der Waals surface area contributed by atoms with Gasteiger partial charge in [0, 0.05) is 14.1 Å². The van der Waals surface area contributed by atoms with Crippen LogP contribution < -0.4 is 10.6 Å². The van der Waals surface area contributed by atoms with Crippen LogP contribution in [0.25, 0.3) is 0 Å². The summed E-state index contributed by atoms with van der Waals surface area (Å²) >= 11 is -1.80. The fourth-order valence-electron chi connectivity index (χ4n) is 3.45. The number of phenolic OH excluding ortho intramolecular Hbond substituents is 1. The highest BCUT2D eigenvalue weighted by atomic mass is 32.2. The topological polar surface area (TPSA) is 120 Å². The van der Waals surface area contributed by atoms with Crippen LogP contribution >= 0.6 is 0 Å². The monoisotopic (exact) mass is 443 g/mol. The third-order valence-electron chi connectivity index (χ3n) is 5.55. The number of anilines is 1. The second-order valence-electron chi connectivity index (χ2n) is 8.32. The number of rotatable bonds is 5. The van der Waals surface area contributed by atoms with Gasteiger partial charge in [0.2, 0.25) is 0 Å². The van der Waals surface area contributed by atoms with Crippen molar-refractivity contribution in [1.29, 1.82) is 0 Å². The highest BCUT2D eigenvalue weighted by Crippen LogP contribution is 2.54. The van der Waals surface area contributed by atoms with Gasteiger partial charge in [-0.05, 0) is 49.4 Å². The molecular formula is C21H25N5O4S. The maximum atomic E-state index is 12.3. The van der Waals surface area contributed by atoms with Crippen molar-refractivity contribution in [3.05, 3.63) is 47.4 Å². The van der Waals surface area contributed by atoms with Crippen LogP contribution in [0.3, 0.4) is 0 Å². The van der Waals surface area contributed by atoms with Gasteiger partial charge in [0.05, 0.1) is 17.3 Å². The largest absolute Gasteiger partial charge is 0.505 e. The van der Waals surface area contributed by atoms with Gasteiger partial charge in [-0.15, -0.1) is 8.80 Å². The van der Waals surface area contributed by atoms with Crippen LogP contribution in [0, 0.1) is 12.3 Å². The molecule has 9 nitrogen and oxygen atoms in total. The van der Waals surface area contributed by atoms with E-state index >= 15 is 0 Å². The van der Waals surface area contributed by atoms with E-state index in [2.05, 4.69) is 26.4 Å². The minimum atomic E-state index is -1.80. The lowest BCUT2D eigenvalue weighted by molar-refractivity contribution is 0.0824. The Hall–Kier alpha value is -3.14. The van der Waals surface area contributed by atoms with Crippen molar-refractivity contribution in [2.75, 3.05) is 19.4 Å². The van der Waals surface area contributed by atoms with E-state index in [4.69, 9.17) is 4.42 Å². The van der Waals surface area contributed by atoms with Crippen LogP contribution in [0.4, 0.5) is 5.69 Å². The molecule has 2 aliphatic rings. The summed E-state index contributed by atoms with van der Waals surface area (Å²) in [5, 5.41) is 16.9. The lowest BCUT2D eigenvalue weighted by atomic mass is 9.96. The molecule has 1 unspecified atom stereocenters. The summed E-state index contributed by atoms with van der Waals surface area (Å²) in [5.41, 5.74) is 0.404. The average molecular weight is 444 g/mol. The first-order valence-electron chi connectivity index (χ1n) is 9.91. The number of amides is 1. The lowest BCUT2D eigenvalue weighted by Gasteiger charge is -2.24. The predicted molar refractivity (Wildman–Crippen MR) is 119 cm³/mol. The first kappa shape index (κ1) is 21.1. The quantitative estimate of drug-likeness (QED) is 0.611. The van der Waals surface area contributed by atoms with Crippen molar-refractivity contribution in [3.63, 3.8) is 0 Å². The van der Waals surface area contributed by atoms with Crippen LogP contribution in [0.5, 0.6) is 5.75 Å². The van der Waals surface area contributed by atoms with E-state index in [1.54, 1.807) is 26.2 Å². The molecule has 2 atom stereocenters. The summed E-state index contributed by atoms with van der Waals surface area (Å²) in [6.45, 7) is 4.04. The molecule has 0 radical (unpaired) electrons. The molecule has 31 heavy (non-hydrogen) atoms. The van der Waals surface area contributed by atoms with Gasteiger partial charge in [-0.1, -0.05) is 13.0 Å². The molecule has 1 amide bonds. The van der Waals surface area contributed by atoms with E-state index in [-0.39, 0.29) is 40.2 Å². The Balaban J connectivity index is 1.59. The molecule has 1 fully saturated rings. The zero-order chi connectivity index (χ0) is 22.3. The van der Waals surface area contributed by atoms with E-state index in [0.717, 1.165) is 24.4 Å². The molecule has 1 aliphatic carbocycles. The highest BCUT2D eigenvalue weighted by molar-refractivity contribution is 7.83. The lowest BCUT2D eigenvalue weighted by Crippen LogP contribution is -2.39. The first-order chi connectivity index (χ1) is 14.7. The van der Waals surface area contributed by atoms with Gasteiger partial charge in [-0.2, -0.15) is 0 Å². The summed E-state index contributed by atoms with van der Waals surface area (Å²) < 4.78 is 26.1. The minimum absolute atomic E-state index is 0.0117. The van der Waals surface area contributed by atoms with Crippen molar-refractivity contribution >= 4 is 34.4 Å². The van der Waals surface area contributed by atoms with Gasteiger partial charge in [0.1, 0.15) is 11.5 Å². The molecule has 2 heterocycles. The number of hydrogen-bond acceptors (Lipinski definition) is 6. The van der Waals surface area contributed by atoms with E-state index in [1.807, 2.05) is 19.1 Å². The first-order valence-corrected chi connectivity index (χ1v) is 11.0. The summed E-state index contributed by atoms with van der Waals surface area (Å²) in [4.78, 5) is 13.7. The van der Waals surface area contributed by atoms with Crippen LogP contribution in [-0.4, -0.2) is 45.9 Å². The Labute approximate surface area is 183 Å². The maximum absolute atomic E-state index is 12.3. The average Bonchev–Trinajstić information content (AvgIpc) is 3.15. The Morgan fingerprint density at radius 1 is 1.23 bits per heavy atom. The summed E-state index contributed by atoms with van der Waals surface area (Å²) in [6, 6.07) is 8.46. The molecule has 1 saturated carbocycles. The number of nitrogens with zero attached hydrogens (tertiary/aromatic N) is 3. The van der Waals surface area contributed by atoms with Crippen LogP contribution in [0.1, 0.15) is 47.7 Å². The highest BCUT2D eigenvalue weighted by Gasteiger charge is 2.48. The Bertz CT molecular complexity index is 1120. The molecule has 1 aliphatic heterocycles. The number of nitrogens with one attached hydrogen (secondary N) is 2. The standard InChI is InChI=1S/C21H25N5O4S/c1-12-8-9-15(30-12)17(21(2)10-11-21)23-19-18(24-31(29)25-19)22-14-7-5-6-13(16(14)27)20(28)26(3)4/h5-9,17,27H,10-11H2,1-4H3,(H,22,24)(H,23,25)/t17-,31?/m0/s1. The Morgan fingerprint density at radius 2 is 1.94 bits per heavy atom. The van der Waals surface area contributed by atoms with Crippen molar-refractivity contribution in [3.8, 4) is 5.75 Å². The third-order valence-corrected chi connectivity index (χ3v) is 6.23. The number of furan rings is 1. The second kappa shape index (κ2) is 7.84. The van der Waals surface area contributed by atoms with Crippen molar-refractivity contribution in [2.24, 2.45) is 14.2 Å². The zero-order valence-corrected chi connectivity index (χ0v) is 18.6. The second-order valence-corrected chi connectivity index (χ2v) is 9.14. The molecule has 4 rings (SSSR count). The summed E-state index contributed by atoms with van der Waals surface area (Å²) in [5.74, 6) is 1.57. The molecule has 164 valence electrons. The molecule has 0 bridgehead atoms. The van der Waals surface area contributed by atoms with Gasteiger partial charge >= 0.3 is 0 Å². The van der Waals surface area contributed by atoms with Gasteiger partial charge in [-0.3, -0.25) is 4.79 Å². The molecule has 0 saturated heterocycles. The van der Waals surface area contributed by atoms with Gasteiger partial charge < -0.3 is 25.1 Å². The fourth-order valence-corrected chi connectivity index (χ4v) is 4.07. The number of aromatic hydroxyl groups is 1. The van der Waals surface area contributed by atoms with Crippen LogP contribution in [-0.2, 0) is 11.2 Å². The van der Waals surface area contributed by atoms with Crippen LogP contribution in [0.15, 0.2) is 43.5 Å². The summed E-state index contributed by atoms with van der Waals surface area (Å²) in [7, 11) is 3.21. The van der Waals surface area contributed by atoms with Crippen molar-refractivity contribution in [2.45, 2.75) is 32.7 Å². The molecule has 10 heteroatoms. The van der Waals surface area contributed by atoms with E-state index < -0.39 is 11.2 Å². The van der Waals surface area contributed by atoms with E-state index in [0.29, 0.717) is 5.84 Å². The number of aryl methyl sites for hydroxylation is 1. The molecule has 1 aromatic carbocycles. The van der Waals surface area contributed by atoms with Crippen molar-refractivity contribution in [1.82, 2.24) is 10.2 Å². The molecule has 3 N–H and O–H groups in total. The number of carbonyl (C=O) groups excluding carboxylic acids is 1. The number of para-hydroxylation sites is 1.